The van der Waals surface area contributed by atoms with Crippen molar-refractivity contribution in [1.82, 2.24) is 0 Å². The topological polar surface area (TPSA) is 0 Å². The van der Waals surface area contributed by atoms with Crippen LogP contribution in [0.4, 0.5) is 8.78 Å². The summed E-state index contributed by atoms with van der Waals surface area (Å²) in [5.74, 6) is 0.681. The van der Waals surface area contributed by atoms with Crippen LogP contribution < -0.4 is 0 Å². The van der Waals surface area contributed by atoms with E-state index in [4.69, 9.17) is 0 Å². The number of hydrogen-bond acceptors (Lipinski definition) is 5. The Morgan fingerprint density at radius 1 is 0.778 bits per heavy atom. The van der Waals surface area contributed by atoms with Crippen LogP contribution in [0.15, 0.2) is 10.8 Å². The molecule has 18 heavy (non-hydrogen) atoms. The third-order valence-corrected chi connectivity index (χ3v) is 11.4. The molecule has 0 radical (unpaired) electrons. The fourth-order valence-corrected chi connectivity index (χ4v) is 11.1. The fourth-order valence-electron chi connectivity index (χ4n) is 2.86. The van der Waals surface area contributed by atoms with Gasteiger partial charge in [0.25, 0.3) is 0 Å². The summed E-state index contributed by atoms with van der Waals surface area (Å²) in [4.78, 5) is 0. The van der Waals surface area contributed by atoms with Crippen LogP contribution in [-0.2, 0) is 8.16 Å². The first-order chi connectivity index (χ1) is 8.64. The van der Waals surface area contributed by atoms with Gasteiger partial charge in [0, 0.05) is 34.1 Å². The average molecular weight is 341 g/mol. The zero-order valence-corrected chi connectivity index (χ0v) is 13.4. The van der Waals surface area contributed by atoms with Crippen LogP contribution in [0.2, 0.25) is 0 Å². The number of rotatable bonds is 0. The van der Waals surface area contributed by atoms with Crippen molar-refractivity contribution >= 4 is 58.4 Å². The van der Waals surface area contributed by atoms with Crippen LogP contribution in [-0.4, -0.2) is 28.9 Å². The number of fused-ring (bicyclic) bond motifs is 3. The quantitative estimate of drug-likeness (QED) is 0.673. The van der Waals surface area contributed by atoms with Crippen molar-refractivity contribution in [2.75, 3.05) is 23.0 Å². The van der Waals surface area contributed by atoms with Gasteiger partial charge in [-0.15, -0.1) is 47.0 Å². The summed E-state index contributed by atoms with van der Waals surface area (Å²) >= 11 is 7.42. The molecule has 2 saturated heterocycles. The molecule has 0 amide bonds. The van der Waals surface area contributed by atoms with Gasteiger partial charge in [0.05, 0.1) is 0 Å². The summed E-state index contributed by atoms with van der Waals surface area (Å²) in [6, 6.07) is 0. The molecule has 1 aromatic heterocycles. The maximum Gasteiger partial charge on any atom is 0.303 e. The highest BCUT2D eigenvalue weighted by molar-refractivity contribution is 8.22. The second kappa shape index (κ2) is 4.00. The molecular weight excluding hydrogens is 330 g/mol. The molecule has 4 rings (SSSR count). The molecule has 0 aromatic carbocycles. The van der Waals surface area contributed by atoms with Crippen molar-refractivity contribution in [2.45, 2.75) is 14.1 Å². The largest absolute Gasteiger partial charge is 0.303 e. The number of alkyl halides is 2. The fraction of sp³-hybridized carbons (Fsp3) is 0.636. The lowest BCUT2D eigenvalue weighted by Gasteiger charge is -2.37. The number of thiophene rings is 1. The van der Waals surface area contributed by atoms with Gasteiger partial charge >= 0.3 is 5.92 Å². The zero-order valence-electron chi connectivity index (χ0n) is 9.28. The lowest BCUT2D eigenvalue weighted by molar-refractivity contribution is -0.0129. The van der Waals surface area contributed by atoms with Crippen LogP contribution >= 0.6 is 58.4 Å². The molecule has 0 bridgehead atoms. The van der Waals surface area contributed by atoms with Crippen LogP contribution in [0.25, 0.3) is 0 Å². The second-order valence-electron chi connectivity index (χ2n) is 4.40. The molecule has 3 aliphatic rings. The van der Waals surface area contributed by atoms with Crippen molar-refractivity contribution in [3.05, 3.63) is 21.9 Å². The Kier molecular flexibility index (Phi) is 2.81. The van der Waals surface area contributed by atoms with Gasteiger partial charge in [-0.1, -0.05) is 0 Å². The smallest absolute Gasteiger partial charge is 0.201 e. The van der Waals surface area contributed by atoms with Crippen molar-refractivity contribution in [2.24, 2.45) is 0 Å². The molecule has 98 valence electrons. The van der Waals surface area contributed by atoms with Gasteiger partial charge in [-0.05, 0) is 10.8 Å². The Hall–Kier alpha value is 0.960. The summed E-state index contributed by atoms with van der Waals surface area (Å²) in [7, 11) is 0. The maximum absolute atomic E-state index is 15.2. The molecular formula is C11H10F2S5. The van der Waals surface area contributed by atoms with E-state index in [1.165, 1.54) is 47.0 Å². The predicted octanol–water partition coefficient (Wildman–Crippen LogP) is 4.66. The summed E-state index contributed by atoms with van der Waals surface area (Å²) in [6.07, 6.45) is 0. The highest BCUT2D eigenvalue weighted by atomic mass is 32.2. The third kappa shape index (κ3) is 1.24. The first kappa shape index (κ1) is 12.7. The Bertz CT molecular complexity index is 445. The average Bonchev–Trinajstić information content (AvgIpc) is 3.10. The number of halogens is 2. The molecule has 2 aliphatic heterocycles. The second-order valence-corrected chi connectivity index (χ2v) is 10.9. The van der Waals surface area contributed by atoms with Gasteiger partial charge in [0.15, 0.2) is 8.16 Å². The molecule has 1 aromatic rings. The molecule has 2 spiro atoms. The monoisotopic (exact) mass is 340 g/mol. The normalized spacial score (nSPS) is 30.3. The number of hydrogen-bond donors (Lipinski definition) is 0. The highest BCUT2D eigenvalue weighted by Gasteiger charge is 2.76. The van der Waals surface area contributed by atoms with E-state index >= 15 is 8.78 Å². The first-order valence-electron chi connectivity index (χ1n) is 5.65. The van der Waals surface area contributed by atoms with Crippen molar-refractivity contribution in [3.63, 3.8) is 0 Å². The van der Waals surface area contributed by atoms with Gasteiger partial charge in [-0.2, -0.15) is 11.3 Å². The lowest BCUT2D eigenvalue weighted by atomic mass is 10.2. The van der Waals surface area contributed by atoms with E-state index in [2.05, 4.69) is 0 Å². The van der Waals surface area contributed by atoms with Gasteiger partial charge < -0.3 is 0 Å². The van der Waals surface area contributed by atoms with E-state index in [1.807, 2.05) is 10.8 Å². The Morgan fingerprint density at radius 3 is 1.56 bits per heavy atom. The minimum Gasteiger partial charge on any atom is -0.201 e. The van der Waals surface area contributed by atoms with Crippen molar-refractivity contribution in [3.8, 4) is 0 Å². The van der Waals surface area contributed by atoms with E-state index in [1.54, 1.807) is 11.3 Å². The van der Waals surface area contributed by atoms with Gasteiger partial charge in [0.1, 0.15) is 0 Å². The standard InChI is InChI=1S/C11H10F2S5/c12-11(13)9(15-1-2-16-9)7-5-14-6-8(7)10(11)17-3-4-18-10/h5-6H,1-4H2. The number of thioether (sulfide) groups is 4. The summed E-state index contributed by atoms with van der Waals surface area (Å²) in [5.41, 5.74) is 1.82. The van der Waals surface area contributed by atoms with E-state index in [0.29, 0.717) is 0 Å². The molecule has 7 heteroatoms. The molecule has 0 N–H and O–H groups in total. The van der Waals surface area contributed by atoms with Crippen molar-refractivity contribution < 1.29 is 8.78 Å². The molecule has 2 fully saturated rings. The Balaban J connectivity index is 1.98. The Labute approximate surface area is 125 Å². The van der Waals surface area contributed by atoms with Crippen LogP contribution in [0.1, 0.15) is 11.1 Å². The van der Waals surface area contributed by atoms with E-state index in [9.17, 15) is 0 Å². The van der Waals surface area contributed by atoms with Crippen molar-refractivity contribution in [1.29, 1.82) is 0 Å². The zero-order chi connectivity index (χ0) is 12.4. The molecule has 0 saturated carbocycles. The first-order valence-corrected chi connectivity index (χ1v) is 10.5. The van der Waals surface area contributed by atoms with Crippen LogP contribution in [0, 0.1) is 0 Å². The lowest BCUT2D eigenvalue weighted by Crippen LogP contribution is -2.44. The van der Waals surface area contributed by atoms with Gasteiger partial charge in [-0.3, -0.25) is 0 Å². The van der Waals surface area contributed by atoms with E-state index in [0.717, 1.165) is 34.1 Å². The maximum atomic E-state index is 15.2. The molecule has 0 atom stereocenters. The molecule has 1 aliphatic carbocycles. The molecule has 3 heterocycles. The SMILES string of the molecule is FC1(F)C2(SCCS2)c2cscc2C12SCCS2. The van der Waals surface area contributed by atoms with Gasteiger partial charge in [-0.25, -0.2) is 8.78 Å². The molecule has 0 nitrogen and oxygen atoms in total. The Morgan fingerprint density at radius 2 is 1.17 bits per heavy atom. The highest BCUT2D eigenvalue weighted by Crippen LogP contribution is 2.78. The van der Waals surface area contributed by atoms with Crippen LogP contribution in [0.3, 0.4) is 0 Å². The predicted molar refractivity (Wildman–Crippen MR) is 82.5 cm³/mol. The summed E-state index contributed by atoms with van der Waals surface area (Å²) < 4.78 is 28.4. The van der Waals surface area contributed by atoms with E-state index < -0.39 is 14.1 Å². The van der Waals surface area contributed by atoms with Crippen LogP contribution in [0.5, 0.6) is 0 Å². The summed E-state index contributed by atoms with van der Waals surface area (Å²) in [5, 5.41) is 3.92. The summed E-state index contributed by atoms with van der Waals surface area (Å²) in [6.45, 7) is 0. The minimum atomic E-state index is -2.66. The molecule has 0 unspecified atom stereocenters. The van der Waals surface area contributed by atoms with E-state index in [-0.39, 0.29) is 0 Å². The third-order valence-electron chi connectivity index (χ3n) is 3.59. The van der Waals surface area contributed by atoms with Gasteiger partial charge in [0.2, 0.25) is 0 Å². The minimum absolute atomic E-state index is 0.834.